The second kappa shape index (κ2) is 7.61. The van der Waals surface area contributed by atoms with E-state index in [2.05, 4.69) is 19.9 Å². The smallest absolute Gasteiger partial charge is 0.192 e. The van der Waals surface area contributed by atoms with Gasteiger partial charge in [0.2, 0.25) is 0 Å². The number of benzene rings is 1. The number of aryl methyl sites for hydroxylation is 1. The van der Waals surface area contributed by atoms with E-state index >= 15 is 0 Å². The predicted molar refractivity (Wildman–Crippen MR) is 98.3 cm³/mol. The summed E-state index contributed by atoms with van der Waals surface area (Å²) < 4.78 is 21.6. The number of aromatic nitrogens is 4. The summed E-state index contributed by atoms with van der Waals surface area (Å²) in [5, 5.41) is 13.6. The number of halogens is 1. The Labute approximate surface area is 156 Å². The van der Waals surface area contributed by atoms with E-state index in [9.17, 15) is 4.39 Å². The van der Waals surface area contributed by atoms with Crippen LogP contribution in [0, 0.1) is 12.7 Å². The number of hydrogen-bond acceptors (Lipinski definition) is 5. The SMILES string of the molecule is Cc1cc(CSc2nnc(-c3ccccc3F)n2C2CCCCC2)no1. The summed E-state index contributed by atoms with van der Waals surface area (Å²) in [4.78, 5) is 0. The number of rotatable bonds is 5. The van der Waals surface area contributed by atoms with Crippen molar-refractivity contribution in [3.8, 4) is 11.4 Å². The Morgan fingerprint density at radius 2 is 2.00 bits per heavy atom. The highest BCUT2D eigenvalue weighted by atomic mass is 32.2. The van der Waals surface area contributed by atoms with Crippen LogP contribution in [-0.2, 0) is 5.75 Å². The van der Waals surface area contributed by atoms with E-state index < -0.39 is 0 Å². The van der Waals surface area contributed by atoms with Gasteiger partial charge in [0, 0.05) is 17.9 Å². The molecule has 1 aromatic carbocycles. The first-order valence-corrected chi connectivity index (χ1v) is 9.96. The molecular formula is C19H21FN4OS. The van der Waals surface area contributed by atoms with E-state index in [1.807, 2.05) is 19.1 Å². The van der Waals surface area contributed by atoms with Gasteiger partial charge in [0.05, 0.1) is 11.3 Å². The molecule has 0 radical (unpaired) electrons. The molecule has 7 heteroatoms. The maximum absolute atomic E-state index is 14.4. The first-order chi connectivity index (χ1) is 12.7. The van der Waals surface area contributed by atoms with Gasteiger partial charge in [0.1, 0.15) is 11.6 Å². The van der Waals surface area contributed by atoms with E-state index in [0.717, 1.165) is 29.5 Å². The summed E-state index contributed by atoms with van der Waals surface area (Å²) >= 11 is 1.57. The van der Waals surface area contributed by atoms with Gasteiger partial charge >= 0.3 is 0 Å². The van der Waals surface area contributed by atoms with Crippen molar-refractivity contribution in [1.29, 1.82) is 0 Å². The van der Waals surface area contributed by atoms with Gasteiger partial charge in [-0.2, -0.15) is 0 Å². The van der Waals surface area contributed by atoms with Crippen molar-refractivity contribution in [2.75, 3.05) is 0 Å². The third kappa shape index (κ3) is 3.53. The average molecular weight is 372 g/mol. The summed E-state index contributed by atoms with van der Waals surface area (Å²) in [5.74, 6) is 1.80. The van der Waals surface area contributed by atoms with Gasteiger partial charge in [0.25, 0.3) is 0 Å². The molecule has 26 heavy (non-hydrogen) atoms. The summed E-state index contributed by atoms with van der Waals surface area (Å²) in [6, 6.07) is 9.02. The Morgan fingerprint density at radius 3 is 2.73 bits per heavy atom. The number of thioether (sulfide) groups is 1. The summed E-state index contributed by atoms with van der Waals surface area (Å²) in [6.07, 6.45) is 5.79. The van der Waals surface area contributed by atoms with Crippen LogP contribution in [0.2, 0.25) is 0 Å². The highest BCUT2D eigenvalue weighted by Gasteiger charge is 2.25. The molecule has 1 aliphatic carbocycles. The van der Waals surface area contributed by atoms with Crippen LogP contribution >= 0.6 is 11.8 Å². The lowest BCUT2D eigenvalue weighted by molar-refractivity contribution is 0.339. The van der Waals surface area contributed by atoms with Crippen molar-refractivity contribution in [2.45, 2.75) is 56.0 Å². The molecule has 0 N–H and O–H groups in total. The molecule has 0 bridgehead atoms. The van der Waals surface area contributed by atoms with Crippen LogP contribution in [0.3, 0.4) is 0 Å². The van der Waals surface area contributed by atoms with Gasteiger partial charge in [0.15, 0.2) is 11.0 Å². The van der Waals surface area contributed by atoms with E-state index in [-0.39, 0.29) is 5.82 Å². The molecule has 4 rings (SSSR count). The monoisotopic (exact) mass is 372 g/mol. The molecule has 5 nitrogen and oxygen atoms in total. The van der Waals surface area contributed by atoms with Gasteiger partial charge in [-0.3, -0.25) is 4.57 Å². The maximum Gasteiger partial charge on any atom is 0.192 e. The van der Waals surface area contributed by atoms with Crippen LogP contribution in [0.25, 0.3) is 11.4 Å². The third-order valence-electron chi connectivity index (χ3n) is 4.75. The first kappa shape index (κ1) is 17.3. The highest BCUT2D eigenvalue weighted by Crippen LogP contribution is 2.36. The quantitative estimate of drug-likeness (QED) is 0.578. The highest BCUT2D eigenvalue weighted by molar-refractivity contribution is 7.98. The van der Waals surface area contributed by atoms with Gasteiger partial charge in [-0.05, 0) is 31.9 Å². The molecule has 2 heterocycles. The summed E-state index contributed by atoms with van der Waals surface area (Å²) in [5.41, 5.74) is 1.38. The lowest BCUT2D eigenvalue weighted by atomic mass is 9.95. The summed E-state index contributed by atoms with van der Waals surface area (Å²) in [7, 11) is 0. The molecular weight excluding hydrogens is 351 g/mol. The largest absolute Gasteiger partial charge is 0.361 e. The number of hydrogen-bond donors (Lipinski definition) is 0. The molecule has 0 atom stereocenters. The molecule has 1 fully saturated rings. The molecule has 0 amide bonds. The minimum atomic E-state index is -0.263. The van der Waals surface area contributed by atoms with E-state index in [1.54, 1.807) is 23.9 Å². The zero-order valence-electron chi connectivity index (χ0n) is 14.7. The third-order valence-corrected chi connectivity index (χ3v) is 5.72. The Hall–Kier alpha value is -2.15. The number of nitrogens with zero attached hydrogens (tertiary/aromatic N) is 4. The minimum Gasteiger partial charge on any atom is -0.361 e. The van der Waals surface area contributed by atoms with Crippen molar-refractivity contribution in [1.82, 2.24) is 19.9 Å². The van der Waals surface area contributed by atoms with Crippen molar-refractivity contribution in [2.24, 2.45) is 0 Å². The maximum atomic E-state index is 14.4. The van der Waals surface area contributed by atoms with Crippen molar-refractivity contribution in [3.05, 3.63) is 47.6 Å². The van der Waals surface area contributed by atoms with Gasteiger partial charge < -0.3 is 4.52 Å². The van der Waals surface area contributed by atoms with Crippen LogP contribution in [-0.4, -0.2) is 19.9 Å². The summed E-state index contributed by atoms with van der Waals surface area (Å²) in [6.45, 7) is 1.88. The van der Waals surface area contributed by atoms with Crippen molar-refractivity contribution in [3.63, 3.8) is 0 Å². The fourth-order valence-corrected chi connectivity index (χ4v) is 4.38. The Morgan fingerprint density at radius 1 is 1.19 bits per heavy atom. The lowest BCUT2D eigenvalue weighted by Crippen LogP contribution is -2.15. The topological polar surface area (TPSA) is 56.7 Å². The molecule has 3 aromatic rings. The normalized spacial score (nSPS) is 15.5. The molecule has 2 aromatic heterocycles. The Kier molecular flexibility index (Phi) is 5.06. The fraction of sp³-hybridized carbons (Fsp3) is 0.421. The zero-order chi connectivity index (χ0) is 17.9. The minimum absolute atomic E-state index is 0.263. The molecule has 0 aliphatic heterocycles. The fourth-order valence-electron chi connectivity index (χ4n) is 3.49. The standard InChI is InChI=1S/C19H21FN4OS/c1-13-11-14(23-25-13)12-26-19-22-21-18(16-9-5-6-10-17(16)20)24(19)15-7-3-2-4-8-15/h5-6,9-11,15H,2-4,7-8,12H2,1H3. The van der Waals surface area contributed by atoms with Crippen LogP contribution in [0.1, 0.15) is 49.6 Å². The second-order valence-corrected chi connectivity index (χ2v) is 7.61. The lowest BCUT2D eigenvalue weighted by Gasteiger charge is -2.25. The van der Waals surface area contributed by atoms with Gasteiger partial charge in [-0.25, -0.2) is 4.39 Å². The van der Waals surface area contributed by atoms with Crippen LogP contribution in [0.4, 0.5) is 4.39 Å². The second-order valence-electron chi connectivity index (χ2n) is 6.67. The van der Waals surface area contributed by atoms with Crippen molar-refractivity contribution < 1.29 is 8.91 Å². The Balaban J connectivity index is 1.68. The molecule has 0 spiro atoms. The van der Waals surface area contributed by atoms with E-state index in [0.29, 0.717) is 23.2 Å². The molecule has 0 unspecified atom stereocenters. The first-order valence-electron chi connectivity index (χ1n) is 8.97. The predicted octanol–water partition coefficient (Wildman–Crippen LogP) is 5.18. The van der Waals surface area contributed by atoms with Crippen LogP contribution < -0.4 is 0 Å². The van der Waals surface area contributed by atoms with Crippen molar-refractivity contribution >= 4 is 11.8 Å². The van der Waals surface area contributed by atoms with Crippen LogP contribution in [0.5, 0.6) is 0 Å². The molecule has 1 aliphatic rings. The van der Waals surface area contributed by atoms with E-state index in [1.165, 1.54) is 25.3 Å². The average Bonchev–Trinajstić information content (AvgIpc) is 3.27. The van der Waals surface area contributed by atoms with Crippen LogP contribution in [0.15, 0.2) is 40.0 Å². The molecule has 0 saturated heterocycles. The van der Waals surface area contributed by atoms with E-state index in [4.69, 9.17) is 4.52 Å². The molecule has 136 valence electrons. The zero-order valence-corrected chi connectivity index (χ0v) is 15.5. The van der Waals surface area contributed by atoms with Gasteiger partial charge in [-0.15, -0.1) is 10.2 Å². The molecule has 1 saturated carbocycles. The Bertz CT molecular complexity index is 885. The van der Waals surface area contributed by atoms with Gasteiger partial charge in [-0.1, -0.05) is 48.3 Å².